The number of nitrogens with one attached hydrogen (secondary N) is 1. The molecule has 0 saturated carbocycles. The van der Waals surface area contributed by atoms with Crippen LogP contribution in [-0.4, -0.2) is 26.5 Å². The first-order chi connectivity index (χ1) is 11.1. The fourth-order valence-corrected chi connectivity index (χ4v) is 4.83. The van der Waals surface area contributed by atoms with Crippen LogP contribution in [0.3, 0.4) is 0 Å². The quantitative estimate of drug-likeness (QED) is 0.883. The van der Waals surface area contributed by atoms with Crippen molar-refractivity contribution in [3.63, 3.8) is 0 Å². The Kier molecular flexibility index (Phi) is 4.87. The van der Waals surface area contributed by atoms with Crippen molar-refractivity contribution in [3.8, 4) is 11.3 Å². The van der Waals surface area contributed by atoms with E-state index in [1.807, 2.05) is 12.1 Å². The molecule has 0 bridgehead atoms. The lowest BCUT2D eigenvalue weighted by molar-refractivity contribution is 0.463. The molecule has 0 radical (unpaired) electrons. The van der Waals surface area contributed by atoms with E-state index in [-0.39, 0.29) is 5.92 Å². The van der Waals surface area contributed by atoms with Gasteiger partial charge in [-0.25, -0.2) is 8.42 Å². The lowest BCUT2D eigenvalue weighted by Crippen LogP contribution is -2.23. The minimum atomic E-state index is -2.79. The summed E-state index contributed by atoms with van der Waals surface area (Å²) in [7, 11) is -2.79. The average Bonchev–Trinajstić information content (AvgIpc) is 3.14. The van der Waals surface area contributed by atoms with E-state index in [0.29, 0.717) is 18.1 Å². The number of furan rings is 1. The Hall–Kier alpha value is -1.59. The maximum absolute atomic E-state index is 11.4. The van der Waals surface area contributed by atoms with E-state index in [4.69, 9.17) is 4.42 Å². The summed E-state index contributed by atoms with van der Waals surface area (Å²) in [5.41, 5.74) is 2.39. The summed E-state index contributed by atoms with van der Waals surface area (Å²) in [6.45, 7) is 3.49. The first-order valence-electron chi connectivity index (χ1n) is 8.15. The summed E-state index contributed by atoms with van der Waals surface area (Å²) in [5.74, 6) is 2.62. The molecule has 3 rings (SSSR count). The van der Waals surface area contributed by atoms with Crippen molar-refractivity contribution in [2.45, 2.75) is 26.3 Å². The van der Waals surface area contributed by atoms with Gasteiger partial charge >= 0.3 is 0 Å². The first-order valence-corrected chi connectivity index (χ1v) is 9.97. The van der Waals surface area contributed by atoms with Gasteiger partial charge in [0.15, 0.2) is 9.84 Å². The van der Waals surface area contributed by atoms with E-state index in [1.54, 1.807) is 0 Å². The normalized spacial score (nSPS) is 20.0. The zero-order valence-electron chi connectivity index (χ0n) is 13.4. The minimum Gasteiger partial charge on any atom is -0.460 e. The molecule has 1 atom stereocenters. The molecule has 1 N–H and O–H groups in total. The van der Waals surface area contributed by atoms with Crippen LogP contribution in [0.2, 0.25) is 0 Å². The molecular formula is C18H23NO3S. The Morgan fingerprint density at radius 3 is 2.61 bits per heavy atom. The highest BCUT2D eigenvalue weighted by atomic mass is 32.2. The summed E-state index contributed by atoms with van der Waals surface area (Å²) < 4.78 is 28.7. The molecule has 0 aliphatic carbocycles. The van der Waals surface area contributed by atoms with Crippen molar-refractivity contribution in [1.29, 1.82) is 0 Å². The van der Waals surface area contributed by atoms with Gasteiger partial charge in [0.2, 0.25) is 0 Å². The number of rotatable bonds is 6. The Balaban J connectivity index is 1.53. The van der Waals surface area contributed by atoms with Gasteiger partial charge in [0.1, 0.15) is 11.5 Å². The van der Waals surface area contributed by atoms with Crippen LogP contribution in [-0.2, 0) is 22.8 Å². The molecule has 1 aromatic carbocycles. The van der Waals surface area contributed by atoms with E-state index in [9.17, 15) is 8.42 Å². The number of hydrogen-bond acceptors (Lipinski definition) is 4. The standard InChI is InChI=1S/C18H23NO3S/c1-2-14-3-5-16(6-4-14)18-8-7-17(22-18)12-19-11-15-9-10-23(20,21)13-15/h3-8,15,19H,2,9-13H2,1H3/t15-/m0/s1. The molecule has 23 heavy (non-hydrogen) atoms. The fraction of sp³-hybridized carbons (Fsp3) is 0.444. The highest BCUT2D eigenvalue weighted by Crippen LogP contribution is 2.23. The van der Waals surface area contributed by atoms with Gasteiger partial charge in [0.25, 0.3) is 0 Å². The number of aryl methyl sites for hydroxylation is 1. The van der Waals surface area contributed by atoms with E-state index in [1.165, 1.54) is 5.56 Å². The molecule has 0 spiro atoms. The maximum Gasteiger partial charge on any atom is 0.150 e. The smallest absolute Gasteiger partial charge is 0.150 e. The molecule has 1 fully saturated rings. The zero-order chi connectivity index (χ0) is 16.3. The predicted molar refractivity (Wildman–Crippen MR) is 92.0 cm³/mol. The van der Waals surface area contributed by atoms with Gasteiger partial charge in [-0.05, 0) is 43.0 Å². The van der Waals surface area contributed by atoms with Gasteiger partial charge in [-0.15, -0.1) is 0 Å². The van der Waals surface area contributed by atoms with E-state index in [2.05, 4.69) is 36.5 Å². The lowest BCUT2D eigenvalue weighted by Gasteiger charge is -2.08. The second-order valence-electron chi connectivity index (χ2n) is 6.22. The minimum absolute atomic E-state index is 0.232. The second-order valence-corrected chi connectivity index (χ2v) is 8.45. The largest absolute Gasteiger partial charge is 0.460 e. The van der Waals surface area contributed by atoms with Gasteiger partial charge in [-0.2, -0.15) is 0 Å². The summed E-state index contributed by atoms with van der Waals surface area (Å²) in [6, 6.07) is 12.4. The molecule has 1 aromatic heterocycles. The zero-order valence-corrected chi connectivity index (χ0v) is 14.2. The summed E-state index contributed by atoms with van der Waals surface area (Å²) >= 11 is 0. The summed E-state index contributed by atoms with van der Waals surface area (Å²) in [5, 5.41) is 3.31. The maximum atomic E-state index is 11.4. The van der Waals surface area contributed by atoms with Gasteiger partial charge in [-0.1, -0.05) is 31.2 Å². The highest BCUT2D eigenvalue weighted by molar-refractivity contribution is 7.91. The van der Waals surface area contributed by atoms with Crippen LogP contribution in [0.25, 0.3) is 11.3 Å². The van der Waals surface area contributed by atoms with Crippen LogP contribution in [0, 0.1) is 5.92 Å². The molecule has 5 heteroatoms. The van der Waals surface area contributed by atoms with E-state index >= 15 is 0 Å². The highest BCUT2D eigenvalue weighted by Gasteiger charge is 2.27. The van der Waals surface area contributed by atoms with Crippen molar-refractivity contribution in [2.75, 3.05) is 18.1 Å². The second kappa shape index (κ2) is 6.89. The summed E-state index contributed by atoms with van der Waals surface area (Å²) in [4.78, 5) is 0. The number of benzene rings is 1. The Morgan fingerprint density at radius 2 is 1.96 bits per heavy atom. The summed E-state index contributed by atoms with van der Waals surface area (Å²) in [6.07, 6.45) is 1.80. The third kappa shape index (κ3) is 4.24. The number of sulfone groups is 1. The van der Waals surface area contributed by atoms with Crippen LogP contribution < -0.4 is 5.32 Å². The van der Waals surface area contributed by atoms with Crippen molar-refractivity contribution in [2.24, 2.45) is 5.92 Å². The average molecular weight is 333 g/mol. The SMILES string of the molecule is CCc1ccc(-c2ccc(CNC[C@@H]3CCS(=O)(=O)C3)o2)cc1. The van der Waals surface area contributed by atoms with Crippen molar-refractivity contribution < 1.29 is 12.8 Å². The molecular weight excluding hydrogens is 310 g/mol. The molecule has 124 valence electrons. The lowest BCUT2D eigenvalue weighted by atomic mass is 10.1. The van der Waals surface area contributed by atoms with Crippen LogP contribution in [0.5, 0.6) is 0 Å². The molecule has 1 aliphatic rings. The molecule has 0 unspecified atom stereocenters. The van der Waals surface area contributed by atoms with Crippen molar-refractivity contribution in [1.82, 2.24) is 5.32 Å². The van der Waals surface area contributed by atoms with Crippen molar-refractivity contribution >= 4 is 9.84 Å². The van der Waals surface area contributed by atoms with Gasteiger partial charge in [0.05, 0.1) is 18.1 Å². The molecule has 0 amide bonds. The van der Waals surface area contributed by atoms with E-state index < -0.39 is 9.84 Å². The Bertz CT molecular complexity index is 747. The number of hydrogen-bond donors (Lipinski definition) is 1. The van der Waals surface area contributed by atoms with Crippen LogP contribution in [0.15, 0.2) is 40.8 Å². The van der Waals surface area contributed by atoms with Crippen molar-refractivity contribution in [3.05, 3.63) is 47.7 Å². The first kappa shape index (κ1) is 16.3. The van der Waals surface area contributed by atoms with Gasteiger partial charge in [-0.3, -0.25) is 0 Å². The van der Waals surface area contributed by atoms with E-state index in [0.717, 1.165) is 36.5 Å². The van der Waals surface area contributed by atoms with Crippen LogP contribution >= 0.6 is 0 Å². The molecule has 2 heterocycles. The Labute approximate surface area is 137 Å². The van der Waals surface area contributed by atoms with Crippen LogP contribution in [0.1, 0.15) is 24.7 Å². The third-order valence-electron chi connectivity index (χ3n) is 4.37. The molecule has 1 saturated heterocycles. The third-order valence-corrected chi connectivity index (χ3v) is 6.20. The molecule has 4 nitrogen and oxygen atoms in total. The van der Waals surface area contributed by atoms with Gasteiger partial charge in [0, 0.05) is 5.56 Å². The monoisotopic (exact) mass is 333 g/mol. The van der Waals surface area contributed by atoms with Crippen LogP contribution in [0.4, 0.5) is 0 Å². The predicted octanol–water partition coefficient (Wildman–Crippen LogP) is 3.03. The topological polar surface area (TPSA) is 59.3 Å². The fourth-order valence-electron chi connectivity index (χ4n) is 2.97. The molecule has 2 aromatic rings. The molecule has 1 aliphatic heterocycles. The Morgan fingerprint density at radius 1 is 1.17 bits per heavy atom. The van der Waals surface area contributed by atoms with Gasteiger partial charge < -0.3 is 9.73 Å².